The second kappa shape index (κ2) is 3.85. The third-order valence-corrected chi connectivity index (χ3v) is 1.96. The number of benzene rings is 1. The van der Waals surface area contributed by atoms with Crippen LogP contribution in [0.1, 0.15) is 11.1 Å². The molecule has 0 bridgehead atoms. The third kappa shape index (κ3) is 1.75. The molecule has 0 amide bonds. The Bertz CT molecular complexity index is 291. The summed E-state index contributed by atoms with van der Waals surface area (Å²) in [6, 6.07) is 2.41. The van der Waals surface area contributed by atoms with E-state index in [1.54, 1.807) is 0 Å². The minimum atomic E-state index is -0.457. The van der Waals surface area contributed by atoms with Crippen molar-refractivity contribution in [2.45, 2.75) is 13.2 Å². The largest absolute Gasteiger partial charge is 0.392 e. The normalized spacial score (nSPS) is 10.3. The van der Waals surface area contributed by atoms with Crippen LogP contribution in [0.25, 0.3) is 0 Å². The number of rotatable bonds is 2. The summed E-state index contributed by atoms with van der Waals surface area (Å²) in [6.45, 7) is -0.0426. The van der Waals surface area contributed by atoms with E-state index in [1.165, 1.54) is 12.1 Å². The molecule has 0 aliphatic carbocycles. The van der Waals surface area contributed by atoms with Gasteiger partial charge < -0.3 is 10.8 Å². The number of hydrogen-bond acceptors (Lipinski definition) is 2. The Labute approximate surface area is 74.8 Å². The van der Waals surface area contributed by atoms with E-state index < -0.39 is 5.82 Å². The van der Waals surface area contributed by atoms with Crippen LogP contribution in [0.15, 0.2) is 12.1 Å². The summed E-state index contributed by atoms with van der Waals surface area (Å²) < 4.78 is 12.7. The molecule has 0 aromatic heterocycles. The molecule has 66 valence electrons. The highest BCUT2D eigenvalue weighted by Crippen LogP contribution is 2.21. The number of aliphatic hydroxyl groups excluding tert-OH is 1. The Morgan fingerprint density at radius 3 is 2.67 bits per heavy atom. The van der Waals surface area contributed by atoms with Crippen LogP contribution in [-0.4, -0.2) is 5.11 Å². The molecule has 0 heterocycles. The Morgan fingerprint density at radius 2 is 2.17 bits per heavy atom. The van der Waals surface area contributed by atoms with Crippen LogP contribution in [0.4, 0.5) is 4.39 Å². The van der Waals surface area contributed by atoms with E-state index >= 15 is 0 Å². The molecule has 3 N–H and O–H groups in total. The average Bonchev–Trinajstić information content (AvgIpc) is 2.03. The summed E-state index contributed by atoms with van der Waals surface area (Å²) >= 11 is 5.68. The van der Waals surface area contributed by atoms with Crippen molar-refractivity contribution in [3.8, 4) is 0 Å². The van der Waals surface area contributed by atoms with Crippen LogP contribution in [0.3, 0.4) is 0 Å². The van der Waals surface area contributed by atoms with Crippen LogP contribution in [0.5, 0.6) is 0 Å². The minimum Gasteiger partial charge on any atom is -0.392 e. The molecule has 0 saturated heterocycles. The molecular weight excluding hydrogens is 181 g/mol. The maximum Gasteiger partial charge on any atom is 0.125 e. The Hall–Kier alpha value is -0.640. The zero-order chi connectivity index (χ0) is 9.14. The van der Waals surface area contributed by atoms with Gasteiger partial charge in [0.1, 0.15) is 5.82 Å². The van der Waals surface area contributed by atoms with Crippen molar-refractivity contribution in [3.63, 3.8) is 0 Å². The molecule has 0 saturated carbocycles. The van der Waals surface area contributed by atoms with Crippen LogP contribution in [0.2, 0.25) is 5.02 Å². The van der Waals surface area contributed by atoms with E-state index in [1.807, 2.05) is 0 Å². The number of halogens is 2. The zero-order valence-corrected chi connectivity index (χ0v) is 7.11. The van der Waals surface area contributed by atoms with Crippen molar-refractivity contribution in [2.24, 2.45) is 5.73 Å². The molecular formula is C8H9ClFNO. The quantitative estimate of drug-likeness (QED) is 0.740. The van der Waals surface area contributed by atoms with Gasteiger partial charge in [-0.25, -0.2) is 4.39 Å². The fourth-order valence-electron chi connectivity index (χ4n) is 1.03. The van der Waals surface area contributed by atoms with E-state index in [2.05, 4.69) is 0 Å². The van der Waals surface area contributed by atoms with E-state index in [0.717, 1.165) is 0 Å². The average molecular weight is 190 g/mol. The van der Waals surface area contributed by atoms with Crippen molar-refractivity contribution in [1.29, 1.82) is 0 Å². The highest BCUT2D eigenvalue weighted by molar-refractivity contribution is 6.31. The molecule has 12 heavy (non-hydrogen) atoms. The first kappa shape index (κ1) is 9.45. The smallest absolute Gasteiger partial charge is 0.125 e. The lowest BCUT2D eigenvalue weighted by Crippen LogP contribution is -2.03. The summed E-state index contributed by atoms with van der Waals surface area (Å²) in [5.74, 6) is -0.457. The Balaban J connectivity index is 3.24. The van der Waals surface area contributed by atoms with Crippen molar-refractivity contribution in [3.05, 3.63) is 34.1 Å². The summed E-state index contributed by atoms with van der Waals surface area (Å²) in [7, 11) is 0. The molecule has 0 spiro atoms. The first-order chi connectivity index (χ1) is 5.69. The number of aliphatic hydroxyl groups is 1. The second-order valence-electron chi connectivity index (χ2n) is 2.39. The number of nitrogens with two attached hydrogens (primary N) is 1. The predicted octanol–water partition coefficient (Wildman–Crippen LogP) is 1.43. The summed E-state index contributed by atoms with van der Waals surface area (Å²) in [5.41, 5.74) is 6.40. The SMILES string of the molecule is NCc1c(Cl)cc(F)cc1CO. The van der Waals surface area contributed by atoms with E-state index in [4.69, 9.17) is 22.4 Å². The van der Waals surface area contributed by atoms with Crippen LogP contribution in [-0.2, 0) is 13.2 Å². The molecule has 0 aliphatic heterocycles. The van der Waals surface area contributed by atoms with Gasteiger partial charge in [-0.3, -0.25) is 0 Å². The van der Waals surface area contributed by atoms with E-state index in [9.17, 15) is 4.39 Å². The molecule has 0 atom stereocenters. The molecule has 0 radical (unpaired) electrons. The summed E-state index contributed by atoms with van der Waals surface area (Å²) in [4.78, 5) is 0. The first-order valence-electron chi connectivity index (χ1n) is 3.46. The van der Waals surface area contributed by atoms with Gasteiger partial charge in [-0.2, -0.15) is 0 Å². The highest BCUT2D eigenvalue weighted by Gasteiger charge is 2.06. The molecule has 1 aromatic carbocycles. The van der Waals surface area contributed by atoms with E-state index in [0.29, 0.717) is 11.1 Å². The number of hydrogen-bond donors (Lipinski definition) is 2. The molecule has 1 rings (SSSR count). The van der Waals surface area contributed by atoms with Gasteiger partial charge in [-0.15, -0.1) is 0 Å². The lowest BCUT2D eigenvalue weighted by molar-refractivity contribution is 0.280. The van der Waals surface area contributed by atoms with Crippen LogP contribution >= 0.6 is 11.6 Å². The fourth-order valence-corrected chi connectivity index (χ4v) is 1.33. The van der Waals surface area contributed by atoms with Crippen molar-refractivity contribution in [1.82, 2.24) is 0 Å². The standard InChI is InChI=1S/C8H9ClFNO/c9-8-2-6(10)1-5(4-12)7(8)3-11/h1-2,12H,3-4,11H2. The van der Waals surface area contributed by atoms with Crippen molar-refractivity contribution in [2.75, 3.05) is 0 Å². The van der Waals surface area contributed by atoms with Gasteiger partial charge in [-0.1, -0.05) is 11.6 Å². The summed E-state index contributed by atoms with van der Waals surface area (Å²) in [5, 5.41) is 9.08. The Morgan fingerprint density at radius 1 is 1.50 bits per heavy atom. The van der Waals surface area contributed by atoms with Gasteiger partial charge in [0.25, 0.3) is 0 Å². The predicted molar refractivity (Wildman–Crippen MR) is 45.2 cm³/mol. The molecule has 0 unspecified atom stereocenters. The van der Waals surface area contributed by atoms with Gasteiger partial charge in [0.15, 0.2) is 0 Å². The summed E-state index contributed by atoms with van der Waals surface area (Å²) in [6.07, 6.45) is 0. The topological polar surface area (TPSA) is 46.2 Å². The second-order valence-corrected chi connectivity index (χ2v) is 2.79. The van der Waals surface area contributed by atoms with Gasteiger partial charge in [0.2, 0.25) is 0 Å². The van der Waals surface area contributed by atoms with Gasteiger partial charge >= 0.3 is 0 Å². The van der Waals surface area contributed by atoms with Gasteiger partial charge in [-0.05, 0) is 23.3 Å². The third-order valence-electron chi connectivity index (χ3n) is 1.63. The van der Waals surface area contributed by atoms with E-state index in [-0.39, 0.29) is 18.2 Å². The fraction of sp³-hybridized carbons (Fsp3) is 0.250. The van der Waals surface area contributed by atoms with Gasteiger partial charge in [0.05, 0.1) is 6.61 Å². The van der Waals surface area contributed by atoms with Crippen molar-refractivity contribution >= 4 is 11.6 Å². The van der Waals surface area contributed by atoms with Crippen LogP contribution < -0.4 is 5.73 Å². The maximum absolute atomic E-state index is 12.7. The maximum atomic E-state index is 12.7. The lowest BCUT2D eigenvalue weighted by Gasteiger charge is -2.06. The lowest BCUT2D eigenvalue weighted by atomic mass is 10.1. The van der Waals surface area contributed by atoms with Gasteiger partial charge in [0, 0.05) is 11.6 Å². The zero-order valence-electron chi connectivity index (χ0n) is 6.35. The molecule has 0 fully saturated rings. The molecule has 4 heteroatoms. The van der Waals surface area contributed by atoms with Crippen LogP contribution in [0, 0.1) is 5.82 Å². The molecule has 1 aromatic rings. The highest BCUT2D eigenvalue weighted by atomic mass is 35.5. The monoisotopic (exact) mass is 189 g/mol. The van der Waals surface area contributed by atoms with Crippen molar-refractivity contribution < 1.29 is 9.50 Å². The minimum absolute atomic E-state index is 0.203. The Kier molecular flexibility index (Phi) is 3.03. The first-order valence-corrected chi connectivity index (χ1v) is 3.84. The molecule has 0 aliphatic rings. The molecule has 2 nitrogen and oxygen atoms in total.